The Balaban J connectivity index is 1.96. The van der Waals surface area contributed by atoms with Gasteiger partial charge in [-0.1, -0.05) is 6.08 Å². The first kappa shape index (κ1) is 20.3. The molecule has 148 valence electrons. The predicted molar refractivity (Wildman–Crippen MR) is 116 cm³/mol. The van der Waals surface area contributed by atoms with Crippen molar-refractivity contribution in [1.29, 1.82) is 5.26 Å². The van der Waals surface area contributed by atoms with Gasteiger partial charge in [-0.05, 0) is 86.9 Å². The number of carbonyl (C=O) groups excluding carboxylic acids is 1. The Morgan fingerprint density at radius 3 is 2.48 bits per heavy atom. The molecule has 0 saturated heterocycles. The summed E-state index contributed by atoms with van der Waals surface area (Å²) in [4.78, 5) is 14.7. The smallest absolute Gasteiger partial charge is 0.266 e. The maximum absolute atomic E-state index is 13.0. The number of nitriles is 1. The summed E-state index contributed by atoms with van der Waals surface area (Å²) in [5.41, 5.74) is 5.49. The van der Waals surface area contributed by atoms with Gasteiger partial charge in [0.2, 0.25) is 0 Å². The van der Waals surface area contributed by atoms with E-state index in [-0.39, 0.29) is 16.9 Å². The molecule has 0 spiro atoms. The highest BCUT2D eigenvalue weighted by molar-refractivity contribution is 6.09. The van der Waals surface area contributed by atoms with E-state index in [0.29, 0.717) is 5.69 Å². The standard InChI is InChI=1S/C24H24FN3O/c1-15-10-22-21(16(2)13-24(3,4)28(22)5)12-17(15)11-18(14-26)23(29)27-20-8-6-19(25)7-9-20/h6-13H,1-5H3,(H,27,29)/b18-11-. The van der Waals surface area contributed by atoms with Crippen molar-refractivity contribution >= 4 is 28.9 Å². The van der Waals surface area contributed by atoms with Gasteiger partial charge >= 0.3 is 0 Å². The Morgan fingerprint density at radius 2 is 1.86 bits per heavy atom. The van der Waals surface area contributed by atoms with E-state index >= 15 is 0 Å². The molecule has 1 aliphatic rings. The highest BCUT2D eigenvalue weighted by Gasteiger charge is 2.28. The molecule has 1 heterocycles. The van der Waals surface area contributed by atoms with Crippen LogP contribution in [0, 0.1) is 24.1 Å². The Kier molecular flexibility index (Phi) is 5.30. The normalized spacial score (nSPS) is 15.3. The summed E-state index contributed by atoms with van der Waals surface area (Å²) >= 11 is 0. The second-order valence-electron chi connectivity index (χ2n) is 7.90. The van der Waals surface area contributed by atoms with Gasteiger partial charge in [0.1, 0.15) is 17.5 Å². The number of halogens is 1. The van der Waals surface area contributed by atoms with Crippen molar-refractivity contribution < 1.29 is 9.18 Å². The van der Waals surface area contributed by atoms with Crippen molar-refractivity contribution in [3.8, 4) is 6.07 Å². The van der Waals surface area contributed by atoms with E-state index < -0.39 is 5.91 Å². The van der Waals surface area contributed by atoms with Crippen LogP contribution < -0.4 is 10.2 Å². The van der Waals surface area contributed by atoms with E-state index in [0.717, 1.165) is 28.0 Å². The predicted octanol–water partition coefficient (Wildman–Crippen LogP) is 5.31. The van der Waals surface area contributed by atoms with Crippen molar-refractivity contribution in [3.05, 3.63) is 70.6 Å². The molecule has 0 unspecified atom stereocenters. The number of rotatable bonds is 3. The molecule has 0 fully saturated rings. The van der Waals surface area contributed by atoms with E-state index in [4.69, 9.17) is 0 Å². The van der Waals surface area contributed by atoms with Crippen molar-refractivity contribution in [2.24, 2.45) is 0 Å². The van der Waals surface area contributed by atoms with Crippen LogP contribution in [0.2, 0.25) is 0 Å². The number of aryl methyl sites for hydroxylation is 1. The molecule has 0 aliphatic carbocycles. The molecule has 1 amide bonds. The van der Waals surface area contributed by atoms with Gasteiger partial charge in [-0.2, -0.15) is 5.26 Å². The number of allylic oxidation sites excluding steroid dienone is 1. The topological polar surface area (TPSA) is 56.1 Å². The average Bonchev–Trinajstić information content (AvgIpc) is 2.66. The molecular formula is C24H24FN3O. The number of hydrogen-bond acceptors (Lipinski definition) is 3. The zero-order valence-electron chi connectivity index (χ0n) is 17.3. The number of anilines is 2. The molecule has 29 heavy (non-hydrogen) atoms. The van der Waals surface area contributed by atoms with Crippen LogP contribution in [0.3, 0.4) is 0 Å². The first-order chi connectivity index (χ1) is 13.6. The van der Waals surface area contributed by atoms with Crippen LogP contribution in [0.5, 0.6) is 0 Å². The van der Waals surface area contributed by atoms with E-state index in [1.165, 1.54) is 24.3 Å². The molecule has 0 bridgehead atoms. The Hall–Kier alpha value is -3.39. The SMILES string of the molecule is CC1=CC(C)(C)N(C)c2cc(C)c(/C=C(/C#N)C(=O)Nc3ccc(F)cc3)cc21. The fraction of sp³-hybridized carbons (Fsp3) is 0.250. The first-order valence-electron chi connectivity index (χ1n) is 9.39. The zero-order valence-corrected chi connectivity index (χ0v) is 17.3. The Bertz CT molecular complexity index is 1070. The van der Waals surface area contributed by atoms with Gasteiger partial charge in [0.05, 0.1) is 5.54 Å². The second-order valence-corrected chi connectivity index (χ2v) is 7.90. The lowest BCUT2D eigenvalue weighted by Crippen LogP contribution is -2.42. The molecule has 0 atom stereocenters. The number of benzene rings is 2. The van der Waals surface area contributed by atoms with Gasteiger partial charge in [-0.15, -0.1) is 0 Å². The summed E-state index contributed by atoms with van der Waals surface area (Å²) < 4.78 is 13.0. The maximum atomic E-state index is 13.0. The third-order valence-corrected chi connectivity index (χ3v) is 5.37. The highest BCUT2D eigenvalue weighted by atomic mass is 19.1. The maximum Gasteiger partial charge on any atom is 0.266 e. The first-order valence-corrected chi connectivity index (χ1v) is 9.39. The lowest BCUT2D eigenvalue weighted by atomic mass is 9.87. The molecule has 0 saturated carbocycles. The fourth-order valence-electron chi connectivity index (χ4n) is 3.51. The van der Waals surface area contributed by atoms with Crippen LogP contribution >= 0.6 is 0 Å². The molecule has 4 nitrogen and oxygen atoms in total. The summed E-state index contributed by atoms with van der Waals surface area (Å²) in [5.74, 6) is -0.915. The van der Waals surface area contributed by atoms with Crippen molar-refractivity contribution in [2.75, 3.05) is 17.3 Å². The Morgan fingerprint density at radius 1 is 1.21 bits per heavy atom. The van der Waals surface area contributed by atoms with E-state index in [1.807, 2.05) is 19.1 Å². The van der Waals surface area contributed by atoms with Crippen LogP contribution in [0.4, 0.5) is 15.8 Å². The van der Waals surface area contributed by atoms with Crippen LogP contribution in [0.15, 0.2) is 48.0 Å². The summed E-state index contributed by atoms with van der Waals surface area (Å²) in [6, 6.07) is 11.5. The van der Waals surface area contributed by atoms with Gasteiger partial charge < -0.3 is 10.2 Å². The summed E-state index contributed by atoms with van der Waals surface area (Å²) in [7, 11) is 2.06. The monoisotopic (exact) mass is 389 g/mol. The minimum atomic E-state index is -0.526. The summed E-state index contributed by atoms with van der Waals surface area (Å²) in [6.07, 6.45) is 3.81. The molecule has 5 heteroatoms. The number of likely N-dealkylation sites (N-methyl/N-ethyl adjacent to an activating group) is 1. The zero-order chi connectivity index (χ0) is 21.3. The number of carbonyl (C=O) groups is 1. The van der Waals surface area contributed by atoms with Crippen LogP contribution in [0.25, 0.3) is 11.6 Å². The van der Waals surface area contributed by atoms with Crippen molar-refractivity contribution in [3.63, 3.8) is 0 Å². The molecular weight excluding hydrogens is 365 g/mol. The van der Waals surface area contributed by atoms with E-state index in [2.05, 4.69) is 50.2 Å². The van der Waals surface area contributed by atoms with Gasteiger partial charge in [0.25, 0.3) is 5.91 Å². The quantitative estimate of drug-likeness (QED) is 0.572. The van der Waals surface area contributed by atoms with Gasteiger partial charge in [0.15, 0.2) is 0 Å². The number of nitrogens with one attached hydrogen (secondary N) is 1. The second kappa shape index (κ2) is 7.56. The van der Waals surface area contributed by atoms with E-state index in [1.54, 1.807) is 6.08 Å². The van der Waals surface area contributed by atoms with Crippen LogP contribution in [0.1, 0.15) is 37.5 Å². The average molecular weight is 389 g/mol. The fourth-order valence-corrected chi connectivity index (χ4v) is 3.51. The molecule has 0 aromatic heterocycles. The summed E-state index contributed by atoms with van der Waals surface area (Å²) in [6.45, 7) is 8.36. The summed E-state index contributed by atoms with van der Waals surface area (Å²) in [5, 5.41) is 12.1. The molecule has 0 radical (unpaired) electrons. The van der Waals surface area contributed by atoms with Gasteiger partial charge in [-0.25, -0.2) is 4.39 Å². The van der Waals surface area contributed by atoms with Gasteiger partial charge in [0, 0.05) is 24.0 Å². The number of hydrogen-bond donors (Lipinski definition) is 1. The number of amides is 1. The molecule has 2 aromatic rings. The van der Waals surface area contributed by atoms with Crippen LogP contribution in [-0.4, -0.2) is 18.5 Å². The molecule has 3 rings (SSSR count). The molecule has 2 aromatic carbocycles. The van der Waals surface area contributed by atoms with Gasteiger partial charge in [-0.3, -0.25) is 4.79 Å². The number of fused-ring (bicyclic) bond motifs is 1. The third kappa shape index (κ3) is 4.07. The lowest BCUT2D eigenvalue weighted by Gasteiger charge is -2.41. The minimum Gasteiger partial charge on any atom is -0.365 e. The van der Waals surface area contributed by atoms with Crippen molar-refractivity contribution in [1.82, 2.24) is 0 Å². The Labute approximate surface area is 171 Å². The van der Waals surface area contributed by atoms with Crippen LogP contribution in [-0.2, 0) is 4.79 Å². The third-order valence-electron chi connectivity index (χ3n) is 5.37. The largest absolute Gasteiger partial charge is 0.365 e. The minimum absolute atomic E-state index is 0.0106. The highest BCUT2D eigenvalue weighted by Crippen LogP contribution is 2.39. The van der Waals surface area contributed by atoms with Crippen molar-refractivity contribution in [2.45, 2.75) is 33.2 Å². The lowest BCUT2D eigenvalue weighted by molar-refractivity contribution is -0.112. The van der Waals surface area contributed by atoms with E-state index in [9.17, 15) is 14.4 Å². The molecule has 1 aliphatic heterocycles. The molecule has 1 N–H and O–H groups in total. The number of nitrogens with zero attached hydrogens (tertiary/aromatic N) is 2.